The van der Waals surface area contributed by atoms with Gasteiger partial charge < -0.3 is 0 Å². The van der Waals surface area contributed by atoms with Gasteiger partial charge in [-0.15, -0.1) is 0 Å². The maximum atomic E-state index is 6.11. The van der Waals surface area contributed by atoms with Crippen molar-refractivity contribution in [3.8, 4) is 0 Å². The van der Waals surface area contributed by atoms with E-state index in [1.54, 1.807) is 0 Å². The van der Waals surface area contributed by atoms with E-state index in [4.69, 9.17) is 11.3 Å². The first kappa shape index (κ1) is 19.4. The molecular weight excluding hydrogens is 337 g/mol. The zero-order chi connectivity index (χ0) is 16.1. The predicted octanol–water partition coefficient (Wildman–Crippen LogP) is 4.92. The minimum absolute atomic E-state index is 0.715. The Morgan fingerprint density at radius 3 is 1.77 bits per heavy atom. The van der Waals surface area contributed by atoms with Gasteiger partial charge in [-0.05, 0) is 0 Å². The molecule has 0 heterocycles. The molecule has 3 nitrogen and oxygen atoms in total. The van der Waals surface area contributed by atoms with Crippen LogP contribution in [0.3, 0.4) is 0 Å². The molecule has 0 saturated heterocycles. The van der Waals surface area contributed by atoms with E-state index in [1.165, 1.54) is 5.56 Å². The summed E-state index contributed by atoms with van der Waals surface area (Å²) in [4.78, 5) is 0. The van der Waals surface area contributed by atoms with Gasteiger partial charge in [0.25, 0.3) is 0 Å². The van der Waals surface area contributed by atoms with E-state index in [1.807, 2.05) is 18.2 Å². The molecule has 0 amide bonds. The molecule has 1 aromatic carbocycles. The maximum absolute atomic E-state index is 6.11. The summed E-state index contributed by atoms with van der Waals surface area (Å²) in [6.45, 7) is 8.50. The van der Waals surface area contributed by atoms with E-state index < -0.39 is 14.3 Å². The van der Waals surface area contributed by atoms with Gasteiger partial charge >= 0.3 is 139 Å². The van der Waals surface area contributed by atoms with Gasteiger partial charge in [-0.25, -0.2) is 0 Å². The quantitative estimate of drug-likeness (QED) is 0.491. The van der Waals surface area contributed by atoms with Gasteiger partial charge in [0.2, 0.25) is 0 Å². The van der Waals surface area contributed by atoms with E-state index in [0.717, 1.165) is 24.5 Å². The van der Waals surface area contributed by atoms with Crippen LogP contribution in [-0.2, 0) is 11.3 Å². The van der Waals surface area contributed by atoms with Crippen LogP contribution < -0.4 is 0 Å². The van der Waals surface area contributed by atoms with E-state index in [-0.39, 0.29) is 0 Å². The van der Waals surface area contributed by atoms with Crippen LogP contribution in [0.15, 0.2) is 36.4 Å². The summed E-state index contributed by atoms with van der Waals surface area (Å²) in [5.41, 5.74) is 1.19. The Labute approximate surface area is 139 Å². The summed E-state index contributed by atoms with van der Waals surface area (Å²) < 4.78 is 18.3. The second kappa shape index (κ2) is 11.9. The van der Waals surface area contributed by atoms with Gasteiger partial charge in [-0.2, -0.15) is 0 Å². The van der Waals surface area contributed by atoms with Gasteiger partial charge in [0.1, 0.15) is 0 Å². The molecule has 0 saturated carbocycles. The predicted molar refractivity (Wildman–Crippen MR) is 94.8 cm³/mol. The van der Waals surface area contributed by atoms with E-state index in [2.05, 4.69) is 45.1 Å². The van der Waals surface area contributed by atoms with Crippen molar-refractivity contribution in [1.82, 2.24) is 0 Å². The summed E-state index contributed by atoms with van der Waals surface area (Å²) >= 11 is -3.18. The first-order chi connectivity index (χ1) is 10.8. The second-order valence-corrected chi connectivity index (χ2v) is 10.8. The third kappa shape index (κ3) is 7.59. The number of hydrogen-bond acceptors (Lipinski definition) is 3. The molecule has 0 atom stereocenters. The summed E-state index contributed by atoms with van der Waals surface area (Å²) in [5, 5.41) is 0.773. The zero-order valence-corrected chi connectivity index (χ0v) is 16.3. The SMILES string of the molecule is CCC[O][Ge]([CH2]C=Cc1ccccc1)([O]CCC)[O]CCC. The Balaban J connectivity index is 2.73. The number of hydrogen-bond donors (Lipinski definition) is 0. The van der Waals surface area contributed by atoms with Crippen molar-refractivity contribution in [3.63, 3.8) is 0 Å². The van der Waals surface area contributed by atoms with Crippen molar-refractivity contribution in [1.29, 1.82) is 0 Å². The van der Waals surface area contributed by atoms with Crippen LogP contribution >= 0.6 is 0 Å². The molecule has 0 aliphatic heterocycles. The standard InChI is InChI=1S/C18H30GeO3/c1-4-15-20-19(21-16-5-2,22-17-6-3)14-10-13-18-11-8-7-9-12-18/h7-13H,4-6,14-17H2,1-3H3. The van der Waals surface area contributed by atoms with Crippen molar-refractivity contribution in [2.45, 2.75) is 45.3 Å². The van der Waals surface area contributed by atoms with Gasteiger partial charge in [-0.3, -0.25) is 0 Å². The molecule has 0 aliphatic rings. The molecule has 4 heteroatoms. The molecule has 0 radical (unpaired) electrons. The van der Waals surface area contributed by atoms with Crippen LogP contribution in [0.5, 0.6) is 0 Å². The van der Waals surface area contributed by atoms with Gasteiger partial charge in [0.05, 0.1) is 0 Å². The molecule has 0 aromatic heterocycles. The first-order valence-electron chi connectivity index (χ1n) is 8.39. The molecule has 0 fully saturated rings. The van der Waals surface area contributed by atoms with Crippen molar-refractivity contribution in [3.05, 3.63) is 42.0 Å². The van der Waals surface area contributed by atoms with E-state index >= 15 is 0 Å². The molecule has 1 aromatic rings. The van der Waals surface area contributed by atoms with Crippen LogP contribution in [0.1, 0.15) is 45.6 Å². The molecular formula is C18H30GeO3. The Hall–Kier alpha value is -0.617. The minimum atomic E-state index is -3.18. The van der Waals surface area contributed by atoms with Gasteiger partial charge in [0.15, 0.2) is 0 Å². The second-order valence-electron chi connectivity index (χ2n) is 5.25. The number of benzene rings is 1. The molecule has 0 bridgehead atoms. The molecule has 1 rings (SSSR count). The molecule has 0 N–H and O–H groups in total. The van der Waals surface area contributed by atoms with Crippen LogP contribution in [0.2, 0.25) is 5.25 Å². The number of rotatable bonds is 12. The molecule has 124 valence electrons. The number of allylic oxidation sites excluding steroid dienone is 1. The Morgan fingerprint density at radius 2 is 1.32 bits per heavy atom. The summed E-state index contributed by atoms with van der Waals surface area (Å²) in [6.07, 6.45) is 7.23. The Morgan fingerprint density at radius 1 is 0.818 bits per heavy atom. The summed E-state index contributed by atoms with van der Waals surface area (Å²) in [5.74, 6) is 0. The Kier molecular flexibility index (Phi) is 10.5. The van der Waals surface area contributed by atoms with Crippen LogP contribution in [0.25, 0.3) is 6.08 Å². The summed E-state index contributed by atoms with van der Waals surface area (Å²) in [6, 6.07) is 10.3. The Bertz CT molecular complexity index is 384. The third-order valence-electron chi connectivity index (χ3n) is 3.06. The normalized spacial score (nSPS) is 12.1. The van der Waals surface area contributed by atoms with Crippen LogP contribution in [0.4, 0.5) is 0 Å². The summed E-state index contributed by atoms with van der Waals surface area (Å²) in [7, 11) is 0. The van der Waals surface area contributed by atoms with Crippen molar-refractivity contribution >= 4 is 20.4 Å². The van der Waals surface area contributed by atoms with Crippen molar-refractivity contribution in [2.24, 2.45) is 0 Å². The van der Waals surface area contributed by atoms with Crippen molar-refractivity contribution < 1.29 is 11.3 Å². The van der Waals surface area contributed by atoms with E-state index in [0.29, 0.717) is 19.8 Å². The monoisotopic (exact) mass is 368 g/mol. The fourth-order valence-corrected chi connectivity index (χ4v) is 7.34. The first-order valence-corrected chi connectivity index (χ1v) is 12.4. The topological polar surface area (TPSA) is 27.7 Å². The van der Waals surface area contributed by atoms with Crippen LogP contribution in [0, 0.1) is 0 Å². The molecule has 0 unspecified atom stereocenters. The molecule has 0 aliphatic carbocycles. The average Bonchev–Trinajstić information content (AvgIpc) is 2.57. The average molecular weight is 367 g/mol. The fraction of sp³-hybridized carbons (Fsp3) is 0.556. The van der Waals surface area contributed by atoms with E-state index in [9.17, 15) is 0 Å². The molecule has 0 spiro atoms. The fourth-order valence-electron chi connectivity index (χ4n) is 1.98. The van der Waals surface area contributed by atoms with Crippen molar-refractivity contribution in [2.75, 3.05) is 19.8 Å². The molecule has 22 heavy (non-hydrogen) atoms. The van der Waals surface area contributed by atoms with Gasteiger partial charge in [-0.1, -0.05) is 0 Å². The van der Waals surface area contributed by atoms with Crippen LogP contribution in [-0.4, -0.2) is 34.1 Å². The third-order valence-corrected chi connectivity index (χ3v) is 8.65. The zero-order valence-electron chi connectivity index (χ0n) is 14.2. The van der Waals surface area contributed by atoms with Gasteiger partial charge in [0, 0.05) is 0 Å².